The summed E-state index contributed by atoms with van der Waals surface area (Å²) in [6, 6.07) is 7.86. The van der Waals surface area contributed by atoms with Gasteiger partial charge >= 0.3 is 0 Å². The highest BCUT2D eigenvalue weighted by molar-refractivity contribution is 5.71. The number of carbonyl (C=O) groups excluding carboxylic acids is 1. The first-order valence-corrected chi connectivity index (χ1v) is 4.51. The Morgan fingerprint density at radius 2 is 2.07 bits per heavy atom. The number of carbonyl (C=O) groups is 1. The number of carboxylic acids is 1. The Morgan fingerprint density at radius 1 is 1.40 bits per heavy atom. The molecule has 0 amide bonds. The summed E-state index contributed by atoms with van der Waals surface area (Å²) in [5, 5.41) is 10.7. The molecule has 0 saturated carbocycles. The second-order valence-corrected chi connectivity index (χ2v) is 3.31. The average molecular weight is 207 g/mol. The largest absolute Gasteiger partial charge is 0.547 e. The van der Waals surface area contributed by atoms with E-state index in [0.29, 0.717) is 10.3 Å². The van der Waals surface area contributed by atoms with E-state index in [1.165, 1.54) is 0 Å². The standard InChI is InChI=1S/C10H9NO4/c12-10(13)9-8(11(14)6-15-9)7-4-2-1-3-5-7/h1-5,8-9H,6H2/t8-,9+/m0/s1. The van der Waals surface area contributed by atoms with Crippen LogP contribution in [-0.4, -0.2) is 23.6 Å². The molecule has 1 fully saturated rings. The number of carboxylic acid groups (broad SMARTS) is 1. The van der Waals surface area contributed by atoms with Gasteiger partial charge in [-0.25, -0.2) is 0 Å². The highest BCUT2D eigenvalue weighted by atomic mass is 16.6. The van der Waals surface area contributed by atoms with Crippen molar-refractivity contribution >= 4 is 5.97 Å². The third-order valence-corrected chi connectivity index (χ3v) is 2.35. The minimum Gasteiger partial charge on any atom is -0.547 e. The fourth-order valence-corrected chi connectivity index (χ4v) is 1.66. The Labute approximate surface area is 85.9 Å². The van der Waals surface area contributed by atoms with Crippen LogP contribution in [0.15, 0.2) is 30.3 Å². The van der Waals surface area contributed by atoms with Gasteiger partial charge in [-0.15, -0.1) is 0 Å². The number of aliphatic carboxylic acids is 1. The molecule has 2 rings (SSSR count). The summed E-state index contributed by atoms with van der Waals surface area (Å²) < 4.78 is 5.45. The molecule has 0 unspecified atom stereocenters. The molecule has 5 nitrogen and oxygen atoms in total. The van der Waals surface area contributed by atoms with E-state index in [4.69, 9.17) is 4.74 Å². The van der Waals surface area contributed by atoms with Crippen molar-refractivity contribution in [3.8, 4) is 0 Å². The van der Waals surface area contributed by atoms with Crippen LogP contribution in [0, 0.1) is 4.91 Å². The van der Waals surface area contributed by atoms with Crippen LogP contribution >= 0.6 is 0 Å². The maximum Gasteiger partial charge on any atom is 0.297 e. The zero-order valence-corrected chi connectivity index (χ0v) is 7.83. The third kappa shape index (κ3) is 1.73. The maximum atomic E-state index is 11.4. The van der Waals surface area contributed by atoms with Gasteiger partial charge in [0.15, 0.2) is 6.10 Å². The van der Waals surface area contributed by atoms with Crippen LogP contribution in [0.2, 0.25) is 0 Å². The van der Waals surface area contributed by atoms with Crippen molar-refractivity contribution in [1.29, 1.82) is 0 Å². The van der Waals surface area contributed by atoms with Crippen molar-refractivity contribution in [2.75, 3.05) is 6.73 Å². The van der Waals surface area contributed by atoms with Crippen molar-refractivity contribution in [1.82, 2.24) is 0 Å². The zero-order valence-electron chi connectivity index (χ0n) is 7.83. The Balaban J connectivity index is 2.33. The number of nitrogens with zero attached hydrogens (tertiary/aromatic N) is 1. The molecule has 15 heavy (non-hydrogen) atoms. The second-order valence-electron chi connectivity index (χ2n) is 3.31. The molecule has 0 bridgehead atoms. The zero-order chi connectivity index (χ0) is 10.8. The summed E-state index contributed by atoms with van der Waals surface area (Å²) >= 11 is 0. The van der Waals surface area contributed by atoms with Gasteiger partial charge in [-0.05, 0) is 0 Å². The molecular weight excluding hydrogens is 198 g/mol. The van der Waals surface area contributed by atoms with Crippen molar-refractivity contribution < 1.29 is 19.4 Å². The predicted octanol–water partition coefficient (Wildman–Crippen LogP) is -0.387. The molecule has 5 heteroatoms. The summed E-state index contributed by atoms with van der Waals surface area (Å²) in [4.78, 5) is 22.1. The molecule has 0 spiro atoms. The first kappa shape index (κ1) is 9.79. The molecule has 0 N–H and O–H groups in total. The van der Waals surface area contributed by atoms with Crippen molar-refractivity contribution in [3.05, 3.63) is 40.8 Å². The number of rotatable bonds is 2. The van der Waals surface area contributed by atoms with Gasteiger partial charge in [-0.2, -0.15) is 0 Å². The van der Waals surface area contributed by atoms with Crippen LogP contribution in [0.25, 0.3) is 0 Å². The number of benzene rings is 1. The smallest absolute Gasteiger partial charge is 0.297 e. The van der Waals surface area contributed by atoms with Gasteiger partial charge in [0.1, 0.15) is 0 Å². The summed E-state index contributed by atoms with van der Waals surface area (Å²) in [5.41, 5.74) is 0.624. The molecule has 0 aliphatic carbocycles. The molecule has 1 heterocycles. The Morgan fingerprint density at radius 3 is 2.67 bits per heavy atom. The number of nitroso groups, excluding NO2 is 1. The van der Waals surface area contributed by atoms with E-state index in [9.17, 15) is 14.8 Å². The maximum absolute atomic E-state index is 11.4. The minimum absolute atomic E-state index is 0.238. The summed E-state index contributed by atoms with van der Waals surface area (Å²) in [6.45, 7) is -0.238. The Bertz CT molecular complexity index is 390. The van der Waals surface area contributed by atoms with Crippen LogP contribution in [0.3, 0.4) is 0 Å². The highest BCUT2D eigenvalue weighted by Crippen LogP contribution is 2.27. The summed E-state index contributed by atoms with van der Waals surface area (Å²) in [6.07, 6.45) is -1.19. The van der Waals surface area contributed by atoms with Gasteiger partial charge in [-0.1, -0.05) is 30.3 Å². The molecule has 0 radical (unpaired) electrons. The van der Waals surface area contributed by atoms with Gasteiger partial charge in [0, 0.05) is 15.2 Å². The Hall–Kier alpha value is -1.75. The molecule has 2 atom stereocenters. The normalized spacial score (nSPS) is 25.5. The van der Waals surface area contributed by atoms with Gasteiger partial charge in [0.25, 0.3) is 12.8 Å². The lowest BCUT2D eigenvalue weighted by Crippen LogP contribution is -2.39. The van der Waals surface area contributed by atoms with Crippen LogP contribution in [-0.2, 0) is 9.53 Å². The van der Waals surface area contributed by atoms with E-state index in [1.54, 1.807) is 30.3 Å². The SMILES string of the molecule is O=C([O-])[C@@H]1OC[N+](=O)[C@H]1c1ccccc1. The second kappa shape index (κ2) is 3.78. The van der Waals surface area contributed by atoms with Gasteiger partial charge in [-0.3, -0.25) is 0 Å². The monoisotopic (exact) mass is 207 g/mol. The van der Waals surface area contributed by atoms with Gasteiger partial charge < -0.3 is 14.6 Å². The van der Waals surface area contributed by atoms with Crippen molar-refractivity contribution in [2.24, 2.45) is 0 Å². The molecule has 1 aromatic rings. The molecule has 1 aliphatic rings. The topological polar surface area (TPSA) is 69.4 Å². The predicted molar refractivity (Wildman–Crippen MR) is 47.6 cm³/mol. The van der Waals surface area contributed by atoms with Crippen LogP contribution < -0.4 is 5.11 Å². The number of hydrogen-bond acceptors (Lipinski definition) is 4. The highest BCUT2D eigenvalue weighted by Gasteiger charge is 2.44. The lowest BCUT2D eigenvalue weighted by atomic mass is 10.0. The van der Waals surface area contributed by atoms with E-state index < -0.39 is 18.1 Å². The molecular formula is C10H9NO4. The van der Waals surface area contributed by atoms with E-state index in [1.807, 2.05) is 0 Å². The van der Waals surface area contributed by atoms with Gasteiger partial charge in [0.2, 0.25) is 0 Å². The van der Waals surface area contributed by atoms with E-state index in [0.717, 1.165) is 0 Å². The van der Waals surface area contributed by atoms with Gasteiger partial charge in [0.05, 0.1) is 5.97 Å². The van der Waals surface area contributed by atoms with Crippen LogP contribution in [0.4, 0.5) is 0 Å². The summed E-state index contributed by atoms with van der Waals surface area (Å²) in [7, 11) is 0. The Kier molecular flexibility index (Phi) is 2.47. The molecule has 1 saturated heterocycles. The molecule has 0 aromatic heterocycles. The number of ether oxygens (including phenoxy) is 1. The minimum atomic E-state index is -1.36. The van der Waals surface area contributed by atoms with E-state index in [-0.39, 0.29) is 6.73 Å². The first-order chi connectivity index (χ1) is 7.20. The fourth-order valence-electron chi connectivity index (χ4n) is 1.66. The molecule has 1 aromatic carbocycles. The lowest BCUT2D eigenvalue weighted by molar-refractivity contribution is -0.584. The van der Waals surface area contributed by atoms with Crippen LogP contribution in [0.1, 0.15) is 11.6 Å². The number of hydrogen-bond donors (Lipinski definition) is 0. The molecule has 1 aliphatic heterocycles. The fraction of sp³-hybridized carbons (Fsp3) is 0.300. The van der Waals surface area contributed by atoms with Crippen molar-refractivity contribution in [2.45, 2.75) is 12.1 Å². The summed E-state index contributed by atoms with van der Waals surface area (Å²) in [5.74, 6) is -1.36. The van der Waals surface area contributed by atoms with Crippen molar-refractivity contribution in [3.63, 3.8) is 0 Å². The third-order valence-electron chi connectivity index (χ3n) is 2.35. The van der Waals surface area contributed by atoms with Crippen LogP contribution in [0.5, 0.6) is 0 Å². The molecule has 78 valence electrons. The average Bonchev–Trinajstić information content (AvgIpc) is 2.61. The van der Waals surface area contributed by atoms with E-state index in [2.05, 4.69) is 0 Å². The quantitative estimate of drug-likeness (QED) is 0.619. The van der Waals surface area contributed by atoms with E-state index >= 15 is 0 Å². The first-order valence-electron chi connectivity index (χ1n) is 4.51. The lowest BCUT2D eigenvalue weighted by Gasteiger charge is -2.11.